The maximum Gasteiger partial charge on any atom is 0.135 e. The molecule has 0 bridgehead atoms. The van der Waals surface area contributed by atoms with Crippen LogP contribution in [0, 0.1) is 16.7 Å². The average Bonchev–Trinajstić information content (AvgIpc) is 2.79. The molecule has 0 atom stereocenters. The van der Waals surface area contributed by atoms with Gasteiger partial charge >= 0.3 is 0 Å². The van der Waals surface area contributed by atoms with Crippen molar-refractivity contribution in [3.63, 3.8) is 0 Å². The second-order valence-electron chi connectivity index (χ2n) is 7.04. The number of hydrogen-bond acceptors (Lipinski definition) is 3. The Morgan fingerprint density at radius 1 is 1.32 bits per heavy atom. The van der Waals surface area contributed by atoms with E-state index in [0.717, 1.165) is 60.5 Å². The fraction of sp³-hybridized carbons (Fsp3) is 0.647. The number of nitrogens with zero attached hydrogens (tertiary/aromatic N) is 3. The SMILES string of the molecule is CC(C)(C)C1=NCCc2c1c(Br)c(C#N)n2C1CCOCC1. The summed E-state index contributed by atoms with van der Waals surface area (Å²) in [5.74, 6) is 0. The molecule has 2 aliphatic heterocycles. The van der Waals surface area contributed by atoms with E-state index in [9.17, 15) is 5.26 Å². The third kappa shape index (κ3) is 2.53. The molecule has 2 aliphatic rings. The van der Waals surface area contributed by atoms with E-state index in [2.05, 4.69) is 47.3 Å². The van der Waals surface area contributed by atoms with Crippen molar-refractivity contribution in [1.82, 2.24) is 4.57 Å². The summed E-state index contributed by atoms with van der Waals surface area (Å²) in [7, 11) is 0. The van der Waals surface area contributed by atoms with Crippen molar-refractivity contribution in [3.8, 4) is 6.07 Å². The van der Waals surface area contributed by atoms with E-state index >= 15 is 0 Å². The van der Waals surface area contributed by atoms with Gasteiger partial charge in [0.15, 0.2) is 0 Å². The van der Waals surface area contributed by atoms with Crippen molar-refractivity contribution in [2.75, 3.05) is 19.8 Å². The molecule has 0 amide bonds. The highest BCUT2D eigenvalue weighted by molar-refractivity contribution is 9.10. The van der Waals surface area contributed by atoms with Crippen molar-refractivity contribution < 1.29 is 4.74 Å². The highest BCUT2D eigenvalue weighted by atomic mass is 79.9. The number of halogens is 1. The molecule has 0 aliphatic carbocycles. The molecule has 0 N–H and O–H groups in total. The molecule has 1 fully saturated rings. The Morgan fingerprint density at radius 3 is 2.59 bits per heavy atom. The summed E-state index contributed by atoms with van der Waals surface area (Å²) in [5.41, 5.74) is 4.27. The van der Waals surface area contributed by atoms with Gasteiger partial charge in [-0.2, -0.15) is 5.26 Å². The van der Waals surface area contributed by atoms with Crippen LogP contribution in [-0.2, 0) is 11.2 Å². The standard InChI is InChI=1S/C17H22BrN3O/c1-17(2,3)16-14-12(4-7-20-16)21(13(10-19)15(14)18)11-5-8-22-9-6-11/h11H,4-9H2,1-3H3. The third-order valence-corrected chi connectivity index (χ3v) is 5.25. The van der Waals surface area contributed by atoms with Gasteiger partial charge in [0.2, 0.25) is 0 Å². The molecule has 0 radical (unpaired) electrons. The van der Waals surface area contributed by atoms with Crippen LogP contribution < -0.4 is 0 Å². The molecule has 0 aromatic carbocycles. The van der Waals surface area contributed by atoms with Crippen molar-refractivity contribution in [2.45, 2.75) is 46.1 Å². The van der Waals surface area contributed by atoms with Gasteiger partial charge in [-0.1, -0.05) is 20.8 Å². The molecule has 118 valence electrons. The Morgan fingerprint density at radius 2 is 2.00 bits per heavy atom. The van der Waals surface area contributed by atoms with E-state index < -0.39 is 0 Å². The summed E-state index contributed by atoms with van der Waals surface area (Å²) in [5, 5.41) is 9.70. The van der Waals surface area contributed by atoms with E-state index in [0.29, 0.717) is 6.04 Å². The molecule has 1 saturated heterocycles. The van der Waals surface area contributed by atoms with Gasteiger partial charge in [0.1, 0.15) is 11.8 Å². The minimum Gasteiger partial charge on any atom is -0.381 e. The molecule has 0 spiro atoms. The monoisotopic (exact) mass is 363 g/mol. The Labute approximate surface area is 140 Å². The first kappa shape index (κ1) is 15.8. The molecule has 3 heterocycles. The molecular formula is C17H22BrN3O. The predicted octanol–water partition coefficient (Wildman–Crippen LogP) is 3.87. The Bertz CT molecular complexity index is 655. The zero-order valence-corrected chi connectivity index (χ0v) is 15.0. The molecule has 1 aromatic heterocycles. The summed E-state index contributed by atoms with van der Waals surface area (Å²) in [4.78, 5) is 4.78. The lowest BCUT2D eigenvalue weighted by atomic mass is 9.84. The highest BCUT2D eigenvalue weighted by Crippen LogP contribution is 2.39. The van der Waals surface area contributed by atoms with E-state index in [4.69, 9.17) is 9.73 Å². The minimum atomic E-state index is -0.0216. The number of rotatable bonds is 1. The lowest BCUT2D eigenvalue weighted by molar-refractivity contribution is 0.0687. The zero-order chi connectivity index (χ0) is 15.9. The average molecular weight is 364 g/mol. The van der Waals surface area contributed by atoms with Crippen LogP contribution in [0.5, 0.6) is 0 Å². The molecule has 1 aromatic rings. The van der Waals surface area contributed by atoms with Crippen molar-refractivity contribution >= 4 is 21.6 Å². The van der Waals surface area contributed by atoms with Gasteiger partial charge in [0.25, 0.3) is 0 Å². The van der Waals surface area contributed by atoms with E-state index in [1.807, 2.05) is 0 Å². The smallest absolute Gasteiger partial charge is 0.135 e. The van der Waals surface area contributed by atoms with Gasteiger partial charge in [-0.05, 0) is 28.8 Å². The molecule has 5 heteroatoms. The number of fused-ring (bicyclic) bond motifs is 1. The number of aromatic nitrogens is 1. The maximum absolute atomic E-state index is 9.70. The number of ether oxygens (including phenoxy) is 1. The van der Waals surface area contributed by atoms with Crippen molar-refractivity contribution in [3.05, 3.63) is 21.4 Å². The molecule has 3 rings (SSSR count). The molecular weight excluding hydrogens is 342 g/mol. The first-order valence-electron chi connectivity index (χ1n) is 7.91. The first-order valence-corrected chi connectivity index (χ1v) is 8.70. The topological polar surface area (TPSA) is 50.3 Å². The number of aliphatic imine (C=N–C) groups is 1. The summed E-state index contributed by atoms with van der Waals surface area (Å²) < 4.78 is 8.68. The molecule has 4 nitrogen and oxygen atoms in total. The summed E-state index contributed by atoms with van der Waals surface area (Å²) in [6.07, 6.45) is 2.86. The Kier molecular flexibility index (Phi) is 4.17. The van der Waals surface area contributed by atoms with Gasteiger partial charge in [-0.3, -0.25) is 4.99 Å². The van der Waals surface area contributed by atoms with Crippen LogP contribution in [0.1, 0.15) is 56.6 Å². The van der Waals surface area contributed by atoms with Gasteiger partial charge in [0, 0.05) is 48.9 Å². The minimum absolute atomic E-state index is 0.0216. The first-order chi connectivity index (χ1) is 10.4. The van der Waals surface area contributed by atoms with Crippen molar-refractivity contribution in [1.29, 1.82) is 5.26 Å². The molecule has 22 heavy (non-hydrogen) atoms. The number of hydrogen-bond donors (Lipinski definition) is 0. The van der Waals surface area contributed by atoms with Crippen LogP contribution in [0.3, 0.4) is 0 Å². The van der Waals surface area contributed by atoms with E-state index in [1.165, 1.54) is 5.69 Å². The summed E-state index contributed by atoms with van der Waals surface area (Å²) in [6, 6.07) is 2.77. The lowest BCUT2D eigenvalue weighted by Crippen LogP contribution is -2.28. The van der Waals surface area contributed by atoms with Gasteiger partial charge in [0.05, 0.1) is 10.2 Å². The molecule has 0 unspecified atom stereocenters. The summed E-state index contributed by atoms with van der Waals surface area (Å²) >= 11 is 3.69. The van der Waals surface area contributed by atoms with Crippen LogP contribution in [0.2, 0.25) is 0 Å². The fourth-order valence-electron chi connectivity index (χ4n) is 3.51. The van der Waals surface area contributed by atoms with Gasteiger partial charge in [-0.25, -0.2) is 0 Å². The second-order valence-corrected chi connectivity index (χ2v) is 7.83. The second kappa shape index (κ2) is 5.82. The van der Waals surface area contributed by atoms with Crippen LogP contribution >= 0.6 is 15.9 Å². The summed E-state index contributed by atoms with van der Waals surface area (Å²) in [6.45, 7) is 8.92. The number of nitriles is 1. The quantitative estimate of drug-likeness (QED) is 0.760. The molecule has 0 saturated carbocycles. The Balaban J connectivity index is 2.17. The zero-order valence-electron chi connectivity index (χ0n) is 13.4. The largest absolute Gasteiger partial charge is 0.381 e. The van der Waals surface area contributed by atoms with Crippen LogP contribution in [0.15, 0.2) is 9.47 Å². The van der Waals surface area contributed by atoms with E-state index in [1.54, 1.807) is 0 Å². The fourth-order valence-corrected chi connectivity index (χ4v) is 4.20. The Hall–Kier alpha value is -1.12. The van der Waals surface area contributed by atoms with Gasteiger partial charge < -0.3 is 9.30 Å². The van der Waals surface area contributed by atoms with Crippen LogP contribution in [0.25, 0.3) is 0 Å². The highest BCUT2D eigenvalue weighted by Gasteiger charge is 2.34. The lowest BCUT2D eigenvalue weighted by Gasteiger charge is -2.29. The van der Waals surface area contributed by atoms with Crippen LogP contribution in [0.4, 0.5) is 0 Å². The van der Waals surface area contributed by atoms with E-state index in [-0.39, 0.29) is 5.41 Å². The normalized spacial score (nSPS) is 19.5. The van der Waals surface area contributed by atoms with Crippen LogP contribution in [-0.4, -0.2) is 30.0 Å². The van der Waals surface area contributed by atoms with Gasteiger partial charge in [-0.15, -0.1) is 0 Å². The maximum atomic E-state index is 9.70. The third-order valence-electron chi connectivity index (χ3n) is 4.48. The van der Waals surface area contributed by atoms with Crippen molar-refractivity contribution in [2.24, 2.45) is 10.4 Å². The predicted molar refractivity (Wildman–Crippen MR) is 90.5 cm³/mol.